The van der Waals surface area contributed by atoms with Crippen molar-refractivity contribution < 1.29 is 18.4 Å². The van der Waals surface area contributed by atoms with E-state index in [1.807, 2.05) is 30.3 Å². The molecule has 0 aliphatic carbocycles. The molecular formula is C13H15F2N3O2. The van der Waals surface area contributed by atoms with Crippen molar-refractivity contribution in [1.29, 1.82) is 0 Å². The average molecular weight is 283 g/mol. The van der Waals surface area contributed by atoms with Crippen LogP contribution >= 0.6 is 0 Å². The number of rotatable bonds is 7. The van der Waals surface area contributed by atoms with Gasteiger partial charge in [0.15, 0.2) is 5.82 Å². The zero-order valence-electron chi connectivity index (χ0n) is 10.7. The molecule has 7 heteroatoms. The van der Waals surface area contributed by atoms with Crippen molar-refractivity contribution in [2.45, 2.75) is 25.5 Å². The molecule has 0 fully saturated rings. The number of aliphatic hydroxyl groups is 1. The summed E-state index contributed by atoms with van der Waals surface area (Å²) in [6.07, 6.45) is -3.91. The molecule has 0 saturated carbocycles. The first-order chi connectivity index (χ1) is 9.65. The van der Waals surface area contributed by atoms with Gasteiger partial charge in [0.25, 0.3) is 6.43 Å². The van der Waals surface area contributed by atoms with E-state index in [-0.39, 0.29) is 13.1 Å². The third-order valence-electron chi connectivity index (χ3n) is 2.64. The number of halogens is 2. The Morgan fingerprint density at radius 1 is 1.25 bits per heavy atom. The monoisotopic (exact) mass is 283 g/mol. The van der Waals surface area contributed by atoms with Gasteiger partial charge >= 0.3 is 0 Å². The van der Waals surface area contributed by atoms with E-state index >= 15 is 0 Å². The minimum atomic E-state index is -2.76. The van der Waals surface area contributed by atoms with Crippen molar-refractivity contribution >= 4 is 0 Å². The molecule has 1 atom stereocenters. The Bertz CT molecular complexity index is 519. The van der Waals surface area contributed by atoms with Gasteiger partial charge in [0, 0.05) is 13.0 Å². The standard InChI is InChI=1S/C13H15F2N3O2/c14-13(15)10(19)7-16-8-12-17-11(18-20-12)6-9-4-2-1-3-5-9/h1-5,10,13,16,19H,6-8H2. The SMILES string of the molecule is OC(CNCc1nc(Cc2ccccc2)no1)C(F)F. The number of aromatic nitrogens is 2. The van der Waals surface area contributed by atoms with Gasteiger partial charge in [-0.1, -0.05) is 35.5 Å². The number of alkyl halides is 2. The quantitative estimate of drug-likeness (QED) is 0.803. The molecule has 0 aliphatic heterocycles. The van der Waals surface area contributed by atoms with Crippen LogP contribution < -0.4 is 5.32 Å². The van der Waals surface area contributed by atoms with Crippen LogP contribution in [0.1, 0.15) is 17.3 Å². The second kappa shape index (κ2) is 7.06. The van der Waals surface area contributed by atoms with Crippen LogP contribution in [-0.4, -0.2) is 34.3 Å². The van der Waals surface area contributed by atoms with E-state index < -0.39 is 12.5 Å². The van der Waals surface area contributed by atoms with E-state index in [1.165, 1.54) is 0 Å². The topological polar surface area (TPSA) is 71.2 Å². The van der Waals surface area contributed by atoms with Crippen molar-refractivity contribution in [1.82, 2.24) is 15.5 Å². The molecule has 0 radical (unpaired) electrons. The number of nitrogens with zero attached hydrogens (tertiary/aromatic N) is 2. The minimum Gasteiger partial charge on any atom is -0.386 e. The maximum Gasteiger partial charge on any atom is 0.265 e. The molecule has 0 bridgehead atoms. The fraction of sp³-hybridized carbons (Fsp3) is 0.385. The Kier molecular flexibility index (Phi) is 5.14. The van der Waals surface area contributed by atoms with Gasteiger partial charge in [-0.3, -0.25) is 0 Å². The number of nitrogens with one attached hydrogen (secondary N) is 1. The maximum absolute atomic E-state index is 12.1. The van der Waals surface area contributed by atoms with Crippen LogP contribution in [-0.2, 0) is 13.0 Å². The molecule has 0 saturated heterocycles. The van der Waals surface area contributed by atoms with Gasteiger partial charge in [-0.05, 0) is 5.56 Å². The third kappa shape index (κ3) is 4.36. The fourth-order valence-electron chi connectivity index (χ4n) is 1.63. The van der Waals surface area contributed by atoms with E-state index in [4.69, 9.17) is 9.63 Å². The highest BCUT2D eigenvalue weighted by molar-refractivity contribution is 5.18. The maximum atomic E-state index is 12.1. The lowest BCUT2D eigenvalue weighted by atomic mass is 10.1. The van der Waals surface area contributed by atoms with Crippen LogP contribution in [0.25, 0.3) is 0 Å². The van der Waals surface area contributed by atoms with Gasteiger partial charge in [-0.25, -0.2) is 8.78 Å². The highest BCUT2D eigenvalue weighted by Gasteiger charge is 2.16. The Morgan fingerprint density at radius 3 is 2.70 bits per heavy atom. The summed E-state index contributed by atoms with van der Waals surface area (Å²) in [6, 6.07) is 9.66. The second-order valence-corrected chi connectivity index (χ2v) is 4.30. The first kappa shape index (κ1) is 14.5. The van der Waals surface area contributed by atoms with Crippen LogP contribution in [0.3, 0.4) is 0 Å². The molecule has 0 aliphatic rings. The van der Waals surface area contributed by atoms with Crippen LogP contribution in [0.4, 0.5) is 8.78 Å². The summed E-state index contributed by atoms with van der Waals surface area (Å²) >= 11 is 0. The number of hydrogen-bond donors (Lipinski definition) is 2. The van der Waals surface area contributed by atoms with E-state index in [0.29, 0.717) is 18.1 Å². The molecule has 20 heavy (non-hydrogen) atoms. The normalized spacial score (nSPS) is 12.8. The Morgan fingerprint density at radius 2 is 2.00 bits per heavy atom. The molecule has 0 spiro atoms. The van der Waals surface area contributed by atoms with E-state index in [9.17, 15) is 8.78 Å². The van der Waals surface area contributed by atoms with Crippen molar-refractivity contribution in [3.05, 3.63) is 47.6 Å². The molecule has 108 valence electrons. The minimum absolute atomic E-state index is 0.144. The molecule has 0 amide bonds. The Balaban J connectivity index is 1.80. The van der Waals surface area contributed by atoms with Gasteiger partial charge in [-0.2, -0.15) is 4.98 Å². The van der Waals surface area contributed by atoms with Crippen molar-refractivity contribution in [2.75, 3.05) is 6.54 Å². The largest absolute Gasteiger partial charge is 0.386 e. The molecule has 5 nitrogen and oxygen atoms in total. The number of hydrogen-bond acceptors (Lipinski definition) is 5. The Labute approximate surface area is 114 Å². The molecule has 2 aromatic rings. The van der Waals surface area contributed by atoms with Crippen molar-refractivity contribution in [2.24, 2.45) is 0 Å². The summed E-state index contributed by atoms with van der Waals surface area (Å²) in [4.78, 5) is 4.14. The fourth-order valence-corrected chi connectivity index (χ4v) is 1.63. The second-order valence-electron chi connectivity index (χ2n) is 4.30. The van der Waals surface area contributed by atoms with Crippen LogP contribution in [0.2, 0.25) is 0 Å². The summed E-state index contributed by atoms with van der Waals surface area (Å²) in [5.74, 6) is 0.833. The van der Waals surface area contributed by atoms with E-state index in [1.54, 1.807) is 0 Å². The predicted molar refractivity (Wildman–Crippen MR) is 67.3 cm³/mol. The summed E-state index contributed by atoms with van der Waals surface area (Å²) in [6.45, 7) is -0.0837. The van der Waals surface area contributed by atoms with Gasteiger partial charge in [0.1, 0.15) is 6.10 Å². The molecular weight excluding hydrogens is 268 g/mol. The van der Waals surface area contributed by atoms with Gasteiger partial charge < -0.3 is 14.9 Å². The first-order valence-electron chi connectivity index (χ1n) is 6.17. The van der Waals surface area contributed by atoms with Crippen molar-refractivity contribution in [3.8, 4) is 0 Å². The lowest BCUT2D eigenvalue weighted by Gasteiger charge is -2.08. The molecule has 1 unspecified atom stereocenters. The van der Waals surface area contributed by atoms with E-state index in [0.717, 1.165) is 5.56 Å². The highest BCUT2D eigenvalue weighted by atomic mass is 19.3. The summed E-state index contributed by atoms with van der Waals surface area (Å²) in [7, 11) is 0. The van der Waals surface area contributed by atoms with Crippen LogP contribution in [0.5, 0.6) is 0 Å². The first-order valence-corrected chi connectivity index (χ1v) is 6.17. The van der Waals surface area contributed by atoms with Crippen LogP contribution in [0, 0.1) is 0 Å². The lowest BCUT2D eigenvalue weighted by molar-refractivity contribution is -0.00369. The zero-order chi connectivity index (χ0) is 14.4. The Hall–Kier alpha value is -1.86. The average Bonchev–Trinajstić information content (AvgIpc) is 2.87. The predicted octanol–water partition coefficient (Wildman–Crippen LogP) is 1.38. The summed E-state index contributed by atoms with van der Waals surface area (Å²) in [5, 5.41) is 15.4. The van der Waals surface area contributed by atoms with E-state index in [2.05, 4.69) is 15.5 Å². The number of benzene rings is 1. The third-order valence-corrected chi connectivity index (χ3v) is 2.64. The molecule has 1 aromatic carbocycles. The lowest BCUT2D eigenvalue weighted by Crippen LogP contribution is -2.31. The van der Waals surface area contributed by atoms with Gasteiger partial charge in [0.2, 0.25) is 5.89 Å². The van der Waals surface area contributed by atoms with Crippen LogP contribution in [0.15, 0.2) is 34.9 Å². The van der Waals surface area contributed by atoms with Gasteiger partial charge in [0.05, 0.1) is 6.54 Å². The summed E-state index contributed by atoms with van der Waals surface area (Å²) < 4.78 is 29.1. The highest BCUT2D eigenvalue weighted by Crippen LogP contribution is 2.06. The number of aliphatic hydroxyl groups excluding tert-OH is 1. The molecule has 2 rings (SSSR count). The molecule has 1 aromatic heterocycles. The molecule has 2 N–H and O–H groups in total. The summed E-state index contributed by atoms with van der Waals surface area (Å²) in [5.41, 5.74) is 1.06. The molecule has 1 heterocycles. The zero-order valence-corrected chi connectivity index (χ0v) is 10.7. The van der Waals surface area contributed by atoms with Gasteiger partial charge in [-0.15, -0.1) is 0 Å². The smallest absolute Gasteiger partial charge is 0.265 e. The van der Waals surface area contributed by atoms with Crippen molar-refractivity contribution in [3.63, 3.8) is 0 Å².